The van der Waals surface area contributed by atoms with Gasteiger partial charge in [-0.25, -0.2) is 0 Å². The number of hydrogen-bond donors (Lipinski definition) is 2. The van der Waals surface area contributed by atoms with E-state index in [4.69, 9.17) is 9.84 Å². The Morgan fingerprint density at radius 1 is 1.50 bits per heavy atom. The summed E-state index contributed by atoms with van der Waals surface area (Å²) in [6.07, 6.45) is 1.21. The Bertz CT molecular complexity index is 484. The first-order valence-electron chi connectivity index (χ1n) is 5.83. The Hall–Kier alpha value is -2.04. The van der Waals surface area contributed by atoms with Gasteiger partial charge in [0, 0.05) is 12.6 Å². The fraction of sp³-hybridized carbons (Fsp3) is 0.385. The van der Waals surface area contributed by atoms with Crippen LogP contribution in [0, 0.1) is 0 Å². The summed E-state index contributed by atoms with van der Waals surface area (Å²) < 4.78 is 5.61. The van der Waals surface area contributed by atoms with Crippen LogP contribution in [0.2, 0.25) is 0 Å². The maximum atomic E-state index is 10.9. The Morgan fingerprint density at radius 2 is 2.28 bits per heavy atom. The molecule has 0 spiro atoms. The van der Waals surface area contributed by atoms with Gasteiger partial charge in [0.25, 0.3) is 0 Å². The molecule has 1 amide bonds. The van der Waals surface area contributed by atoms with Gasteiger partial charge in [0.2, 0.25) is 5.91 Å². The lowest BCUT2D eigenvalue weighted by Gasteiger charge is -2.25. The van der Waals surface area contributed by atoms with Crippen molar-refractivity contribution < 1.29 is 19.4 Å². The van der Waals surface area contributed by atoms with Gasteiger partial charge >= 0.3 is 5.97 Å². The number of benzene rings is 1. The number of carbonyl (C=O) groups excluding carboxylic acids is 1. The highest BCUT2D eigenvalue weighted by molar-refractivity contribution is 5.88. The van der Waals surface area contributed by atoms with Crippen molar-refractivity contribution in [2.45, 2.75) is 32.3 Å². The third-order valence-corrected chi connectivity index (χ3v) is 2.81. The number of aliphatic carboxylic acids is 1. The van der Waals surface area contributed by atoms with Crippen molar-refractivity contribution in [2.24, 2.45) is 0 Å². The van der Waals surface area contributed by atoms with Gasteiger partial charge in [0.15, 0.2) is 0 Å². The summed E-state index contributed by atoms with van der Waals surface area (Å²) in [5.74, 6) is -0.254. The number of fused-ring (bicyclic) bond motifs is 1. The minimum Gasteiger partial charge on any atom is -0.490 e. The van der Waals surface area contributed by atoms with Gasteiger partial charge in [-0.1, -0.05) is 0 Å². The lowest BCUT2D eigenvalue weighted by molar-refractivity contribution is -0.139. The molecule has 0 saturated carbocycles. The smallest absolute Gasteiger partial charge is 0.307 e. The standard InChI is InChI=1S/C13H15NO4/c1-8(15)14-10-3-5-12-9(6-10)2-4-11(18-12)7-13(16)17/h3,5-6,11H,2,4,7H2,1H3,(H,14,15)(H,16,17)/t11-/m0/s1. The van der Waals surface area contributed by atoms with E-state index in [1.54, 1.807) is 12.1 Å². The number of amides is 1. The molecule has 2 rings (SSSR count). The van der Waals surface area contributed by atoms with Crippen molar-refractivity contribution in [1.82, 2.24) is 0 Å². The largest absolute Gasteiger partial charge is 0.490 e. The molecule has 0 saturated heterocycles. The zero-order valence-electron chi connectivity index (χ0n) is 10.1. The van der Waals surface area contributed by atoms with Crippen LogP contribution in [0.15, 0.2) is 18.2 Å². The average Bonchev–Trinajstić information content (AvgIpc) is 2.27. The topological polar surface area (TPSA) is 75.6 Å². The molecule has 0 unspecified atom stereocenters. The predicted octanol–water partition coefficient (Wildman–Crippen LogP) is 1.81. The number of carbonyl (C=O) groups is 2. The molecule has 0 aromatic heterocycles. The summed E-state index contributed by atoms with van der Waals surface area (Å²) >= 11 is 0. The van der Waals surface area contributed by atoms with Crippen molar-refractivity contribution in [3.63, 3.8) is 0 Å². The molecule has 0 bridgehead atoms. The molecule has 1 heterocycles. The number of carboxylic acids is 1. The zero-order chi connectivity index (χ0) is 13.1. The van der Waals surface area contributed by atoms with Crippen LogP contribution in [0.1, 0.15) is 25.3 Å². The third-order valence-electron chi connectivity index (χ3n) is 2.81. The Balaban J connectivity index is 2.10. The van der Waals surface area contributed by atoms with Crippen LogP contribution in [-0.2, 0) is 16.0 Å². The summed E-state index contributed by atoms with van der Waals surface area (Å²) in [6.45, 7) is 1.46. The second-order valence-corrected chi connectivity index (χ2v) is 4.38. The maximum Gasteiger partial charge on any atom is 0.307 e. The number of ether oxygens (including phenoxy) is 1. The summed E-state index contributed by atoms with van der Waals surface area (Å²) in [7, 11) is 0. The summed E-state index contributed by atoms with van der Waals surface area (Å²) in [4.78, 5) is 21.6. The highest BCUT2D eigenvalue weighted by atomic mass is 16.5. The van der Waals surface area contributed by atoms with Gasteiger partial charge in [0.1, 0.15) is 11.9 Å². The normalized spacial score (nSPS) is 17.5. The second-order valence-electron chi connectivity index (χ2n) is 4.38. The number of nitrogens with one attached hydrogen (secondary N) is 1. The first-order chi connectivity index (χ1) is 8.54. The number of rotatable bonds is 3. The lowest BCUT2D eigenvalue weighted by atomic mass is 10.00. The van der Waals surface area contributed by atoms with E-state index in [9.17, 15) is 9.59 Å². The average molecular weight is 249 g/mol. The fourth-order valence-corrected chi connectivity index (χ4v) is 2.06. The number of anilines is 1. The number of aryl methyl sites for hydroxylation is 1. The predicted molar refractivity (Wildman–Crippen MR) is 65.7 cm³/mol. The highest BCUT2D eigenvalue weighted by Crippen LogP contribution is 2.30. The Morgan fingerprint density at radius 3 is 2.94 bits per heavy atom. The van der Waals surface area contributed by atoms with Gasteiger partial charge in [-0.2, -0.15) is 0 Å². The van der Waals surface area contributed by atoms with Crippen LogP contribution in [0.3, 0.4) is 0 Å². The quantitative estimate of drug-likeness (QED) is 0.856. The van der Waals surface area contributed by atoms with E-state index < -0.39 is 5.97 Å². The maximum absolute atomic E-state index is 10.9. The second kappa shape index (κ2) is 5.08. The molecule has 1 aromatic carbocycles. The molecule has 1 aromatic rings. The monoisotopic (exact) mass is 249 g/mol. The summed E-state index contributed by atoms with van der Waals surface area (Å²) in [5.41, 5.74) is 1.74. The van der Waals surface area contributed by atoms with Gasteiger partial charge in [-0.3, -0.25) is 9.59 Å². The van der Waals surface area contributed by atoms with Gasteiger partial charge in [0.05, 0.1) is 6.42 Å². The molecule has 5 heteroatoms. The molecule has 5 nitrogen and oxygen atoms in total. The van der Waals surface area contributed by atoms with E-state index in [1.807, 2.05) is 6.07 Å². The first-order valence-corrected chi connectivity index (χ1v) is 5.83. The van der Waals surface area contributed by atoms with E-state index in [0.29, 0.717) is 12.2 Å². The molecular formula is C13H15NO4. The van der Waals surface area contributed by atoms with E-state index in [-0.39, 0.29) is 18.4 Å². The van der Waals surface area contributed by atoms with Crippen molar-refractivity contribution in [2.75, 3.05) is 5.32 Å². The molecule has 2 N–H and O–H groups in total. The number of hydrogen-bond acceptors (Lipinski definition) is 3. The zero-order valence-corrected chi connectivity index (χ0v) is 10.1. The first kappa shape index (κ1) is 12.4. The molecule has 96 valence electrons. The van der Waals surface area contributed by atoms with Crippen LogP contribution in [0.5, 0.6) is 5.75 Å². The van der Waals surface area contributed by atoms with E-state index in [2.05, 4.69) is 5.32 Å². The van der Waals surface area contributed by atoms with Crippen LogP contribution in [0.4, 0.5) is 5.69 Å². The minimum atomic E-state index is -0.849. The molecule has 18 heavy (non-hydrogen) atoms. The SMILES string of the molecule is CC(=O)Nc1ccc2c(c1)CC[C@@H](CC(=O)O)O2. The van der Waals surface area contributed by atoms with Crippen LogP contribution in [0.25, 0.3) is 0 Å². The molecule has 0 fully saturated rings. The van der Waals surface area contributed by atoms with Crippen LogP contribution < -0.4 is 10.1 Å². The van der Waals surface area contributed by atoms with Crippen molar-refractivity contribution >= 4 is 17.6 Å². The molecular weight excluding hydrogens is 234 g/mol. The van der Waals surface area contributed by atoms with Crippen LogP contribution in [-0.4, -0.2) is 23.1 Å². The minimum absolute atomic E-state index is 0.0207. The molecule has 1 aliphatic heterocycles. The Labute approximate surface area is 105 Å². The van der Waals surface area contributed by atoms with Gasteiger partial charge in [-0.15, -0.1) is 0 Å². The lowest BCUT2D eigenvalue weighted by Crippen LogP contribution is -2.25. The highest BCUT2D eigenvalue weighted by Gasteiger charge is 2.22. The third kappa shape index (κ3) is 3.00. The fourth-order valence-electron chi connectivity index (χ4n) is 2.06. The molecule has 0 aliphatic carbocycles. The van der Waals surface area contributed by atoms with Crippen molar-refractivity contribution in [3.8, 4) is 5.75 Å². The van der Waals surface area contributed by atoms with E-state index in [1.165, 1.54) is 6.92 Å². The van der Waals surface area contributed by atoms with Crippen molar-refractivity contribution in [1.29, 1.82) is 0 Å². The summed E-state index contributed by atoms with van der Waals surface area (Å²) in [5, 5.41) is 11.4. The Kier molecular flexibility index (Phi) is 3.50. The molecule has 1 aliphatic rings. The molecule has 1 atom stereocenters. The van der Waals surface area contributed by atoms with Gasteiger partial charge < -0.3 is 15.2 Å². The number of carboxylic acid groups (broad SMARTS) is 1. The van der Waals surface area contributed by atoms with Crippen LogP contribution >= 0.6 is 0 Å². The molecule has 0 radical (unpaired) electrons. The van der Waals surface area contributed by atoms with Gasteiger partial charge in [-0.05, 0) is 36.6 Å². The van der Waals surface area contributed by atoms with Crippen molar-refractivity contribution in [3.05, 3.63) is 23.8 Å². The summed E-state index contributed by atoms with van der Waals surface area (Å²) in [6, 6.07) is 5.39. The van der Waals surface area contributed by atoms with E-state index >= 15 is 0 Å². The van der Waals surface area contributed by atoms with E-state index in [0.717, 1.165) is 17.7 Å².